The third kappa shape index (κ3) is 3.46. The molecule has 5 nitrogen and oxygen atoms in total. The van der Waals surface area contributed by atoms with Gasteiger partial charge in [-0.15, -0.1) is 0 Å². The fraction of sp³-hybridized carbons (Fsp3) is 0.133. The number of carboxylic acid groups (broad SMARTS) is 1. The Kier molecular flexibility index (Phi) is 4.70. The standard InChI is InChI=1S/C15H13BrN2O3/c1-18(9-10-5-2-3-7-12(10)16)14(19)13-11(15(20)21)6-4-8-17-13/h2-8H,9H2,1H3,(H,20,21). The number of carbonyl (C=O) groups is 2. The van der Waals surface area contributed by atoms with E-state index in [0.29, 0.717) is 6.54 Å². The summed E-state index contributed by atoms with van der Waals surface area (Å²) < 4.78 is 0.893. The molecule has 0 atom stereocenters. The van der Waals surface area contributed by atoms with Gasteiger partial charge in [-0.3, -0.25) is 9.78 Å². The number of hydrogen-bond acceptors (Lipinski definition) is 3. The van der Waals surface area contributed by atoms with Crippen LogP contribution in [-0.2, 0) is 6.54 Å². The molecular formula is C15H13BrN2O3. The number of pyridine rings is 1. The molecule has 0 saturated carbocycles. The second kappa shape index (κ2) is 6.49. The van der Waals surface area contributed by atoms with Crippen LogP contribution in [0.2, 0.25) is 0 Å². The van der Waals surface area contributed by atoms with Gasteiger partial charge in [-0.1, -0.05) is 34.1 Å². The van der Waals surface area contributed by atoms with Gasteiger partial charge in [-0.2, -0.15) is 0 Å². The van der Waals surface area contributed by atoms with Crippen LogP contribution in [0.1, 0.15) is 26.4 Å². The molecule has 21 heavy (non-hydrogen) atoms. The first-order chi connectivity index (χ1) is 10.0. The summed E-state index contributed by atoms with van der Waals surface area (Å²) in [6, 6.07) is 10.4. The molecule has 1 aromatic heterocycles. The molecule has 1 heterocycles. The molecule has 1 N–H and O–H groups in total. The number of carbonyl (C=O) groups excluding carboxylic acids is 1. The summed E-state index contributed by atoms with van der Waals surface area (Å²) >= 11 is 3.42. The molecule has 0 fully saturated rings. The zero-order valence-corrected chi connectivity index (χ0v) is 12.9. The smallest absolute Gasteiger partial charge is 0.338 e. The van der Waals surface area contributed by atoms with Crippen molar-refractivity contribution in [2.45, 2.75) is 6.54 Å². The minimum Gasteiger partial charge on any atom is -0.478 e. The molecule has 1 amide bonds. The predicted octanol–water partition coefficient (Wildman–Crippen LogP) is 2.81. The van der Waals surface area contributed by atoms with Crippen molar-refractivity contribution in [2.24, 2.45) is 0 Å². The van der Waals surface area contributed by atoms with E-state index in [0.717, 1.165) is 10.0 Å². The summed E-state index contributed by atoms with van der Waals surface area (Å²) in [6.45, 7) is 0.357. The summed E-state index contributed by atoms with van der Waals surface area (Å²) in [7, 11) is 1.61. The van der Waals surface area contributed by atoms with Crippen LogP contribution in [0.25, 0.3) is 0 Å². The van der Waals surface area contributed by atoms with E-state index in [-0.39, 0.29) is 11.3 Å². The minimum atomic E-state index is -1.17. The highest BCUT2D eigenvalue weighted by molar-refractivity contribution is 9.10. The SMILES string of the molecule is CN(Cc1ccccc1Br)C(=O)c1ncccc1C(=O)O. The van der Waals surface area contributed by atoms with Crippen LogP contribution >= 0.6 is 15.9 Å². The second-order valence-corrected chi connectivity index (χ2v) is 5.31. The molecular weight excluding hydrogens is 336 g/mol. The summed E-state index contributed by atoms with van der Waals surface area (Å²) in [6.07, 6.45) is 1.41. The summed E-state index contributed by atoms with van der Waals surface area (Å²) in [5.41, 5.74) is 0.780. The molecule has 0 saturated heterocycles. The van der Waals surface area contributed by atoms with Gasteiger partial charge < -0.3 is 10.0 Å². The molecule has 0 bridgehead atoms. The minimum absolute atomic E-state index is 0.0560. The highest BCUT2D eigenvalue weighted by atomic mass is 79.9. The van der Waals surface area contributed by atoms with E-state index in [1.165, 1.54) is 23.2 Å². The maximum absolute atomic E-state index is 12.4. The highest BCUT2D eigenvalue weighted by Gasteiger charge is 2.21. The van der Waals surface area contributed by atoms with E-state index in [9.17, 15) is 9.59 Å². The predicted molar refractivity (Wildman–Crippen MR) is 81.1 cm³/mol. The average molecular weight is 349 g/mol. The van der Waals surface area contributed by atoms with E-state index < -0.39 is 11.9 Å². The van der Waals surface area contributed by atoms with Crippen molar-refractivity contribution in [1.82, 2.24) is 9.88 Å². The Morgan fingerprint density at radius 3 is 2.62 bits per heavy atom. The third-order valence-electron chi connectivity index (χ3n) is 2.95. The zero-order valence-electron chi connectivity index (χ0n) is 11.3. The lowest BCUT2D eigenvalue weighted by Gasteiger charge is -2.18. The topological polar surface area (TPSA) is 70.5 Å². The lowest BCUT2D eigenvalue weighted by Crippen LogP contribution is -2.28. The molecule has 0 unspecified atom stereocenters. The van der Waals surface area contributed by atoms with E-state index in [1.54, 1.807) is 7.05 Å². The lowest BCUT2D eigenvalue weighted by atomic mass is 10.1. The average Bonchev–Trinajstić information content (AvgIpc) is 2.48. The van der Waals surface area contributed by atoms with Gasteiger partial charge in [-0.25, -0.2) is 4.79 Å². The fourth-order valence-electron chi connectivity index (χ4n) is 1.88. The molecule has 1 aromatic carbocycles. The van der Waals surface area contributed by atoms with Crippen molar-refractivity contribution in [3.63, 3.8) is 0 Å². The normalized spacial score (nSPS) is 10.2. The van der Waals surface area contributed by atoms with Crippen molar-refractivity contribution in [3.05, 3.63) is 63.9 Å². The number of amides is 1. The number of carboxylic acids is 1. The number of halogens is 1. The van der Waals surface area contributed by atoms with Crippen molar-refractivity contribution < 1.29 is 14.7 Å². The first-order valence-corrected chi connectivity index (χ1v) is 6.97. The van der Waals surface area contributed by atoms with Crippen LogP contribution in [0.3, 0.4) is 0 Å². The molecule has 0 aliphatic heterocycles. The Hall–Kier alpha value is -2.21. The number of nitrogens with zero attached hydrogens (tertiary/aromatic N) is 2. The van der Waals surface area contributed by atoms with Crippen LogP contribution in [0.4, 0.5) is 0 Å². The van der Waals surface area contributed by atoms with Crippen LogP contribution in [0, 0.1) is 0 Å². The summed E-state index contributed by atoms with van der Waals surface area (Å²) in [5.74, 6) is -1.59. The summed E-state index contributed by atoms with van der Waals surface area (Å²) in [4.78, 5) is 28.9. The number of benzene rings is 1. The van der Waals surface area contributed by atoms with Crippen molar-refractivity contribution in [3.8, 4) is 0 Å². The van der Waals surface area contributed by atoms with E-state index in [2.05, 4.69) is 20.9 Å². The molecule has 108 valence electrons. The van der Waals surface area contributed by atoms with Crippen molar-refractivity contribution >= 4 is 27.8 Å². The largest absolute Gasteiger partial charge is 0.478 e. The van der Waals surface area contributed by atoms with E-state index >= 15 is 0 Å². The van der Waals surface area contributed by atoms with Gasteiger partial charge in [0.05, 0.1) is 5.56 Å². The van der Waals surface area contributed by atoms with Gasteiger partial charge in [0.1, 0.15) is 5.69 Å². The second-order valence-electron chi connectivity index (χ2n) is 4.46. The van der Waals surface area contributed by atoms with Crippen molar-refractivity contribution in [1.29, 1.82) is 0 Å². The van der Waals surface area contributed by atoms with E-state index in [4.69, 9.17) is 5.11 Å². The van der Waals surface area contributed by atoms with Crippen LogP contribution < -0.4 is 0 Å². The molecule has 0 aliphatic carbocycles. The quantitative estimate of drug-likeness (QED) is 0.922. The monoisotopic (exact) mass is 348 g/mol. The Bertz CT molecular complexity index is 688. The first kappa shape index (κ1) is 15.2. The summed E-state index contributed by atoms with van der Waals surface area (Å²) in [5, 5.41) is 9.11. The molecule has 2 rings (SSSR count). The van der Waals surface area contributed by atoms with Gasteiger partial charge in [0.15, 0.2) is 0 Å². The number of rotatable bonds is 4. The van der Waals surface area contributed by atoms with Gasteiger partial charge in [0.2, 0.25) is 0 Å². The molecule has 0 aliphatic rings. The highest BCUT2D eigenvalue weighted by Crippen LogP contribution is 2.18. The zero-order chi connectivity index (χ0) is 15.4. The van der Waals surface area contributed by atoms with Gasteiger partial charge in [0, 0.05) is 24.3 Å². The maximum Gasteiger partial charge on any atom is 0.338 e. The lowest BCUT2D eigenvalue weighted by molar-refractivity contribution is 0.0678. The van der Waals surface area contributed by atoms with Gasteiger partial charge >= 0.3 is 5.97 Å². The number of aromatic nitrogens is 1. The fourth-order valence-corrected chi connectivity index (χ4v) is 2.29. The van der Waals surface area contributed by atoms with Crippen LogP contribution in [0.15, 0.2) is 47.1 Å². The Labute approximate surface area is 130 Å². The Balaban J connectivity index is 2.24. The first-order valence-electron chi connectivity index (χ1n) is 6.18. The van der Waals surface area contributed by atoms with Gasteiger partial charge in [0.25, 0.3) is 5.91 Å². The van der Waals surface area contributed by atoms with Crippen LogP contribution in [0.5, 0.6) is 0 Å². The molecule has 2 aromatic rings. The Morgan fingerprint density at radius 2 is 1.95 bits per heavy atom. The number of hydrogen-bond donors (Lipinski definition) is 1. The number of aromatic carboxylic acids is 1. The Morgan fingerprint density at radius 1 is 1.24 bits per heavy atom. The van der Waals surface area contributed by atoms with Crippen molar-refractivity contribution in [2.75, 3.05) is 7.05 Å². The molecule has 0 spiro atoms. The van der Waals surface area contributed by atoms with E-state index in [1.807, 2.05) is 24.3 Å². The van der Waals surface area contributed by atoms with Crippen LogP contribution in [-0.4, -0.2) is 33.9 Å². The molecule has 6 heteroatoms. The third-order valence-corrected chi connectivity index (χ3v) is 3.73. The maximum atomic E-state index is 12.4. The molecule has 0 radical (unpaired) electrons. The van der Waals surface area contributed by atoms with Gasteiger partial charge in [-0.05, 0) is 23.8 Å².